The fraction of sp³-hybridized carbons (Fsp3) is 0.800. The topological polar surface area (TPSA) is 12.0 Å². The van der Waals surface area contributed by atoms with Crippen molar-refractivity contribution in [2.45, 2.75) is 45.2 Å². The van der Waals surface area contributed by atoms with E-state index in [2.05, 4.69) is 32.7 Å². The molecule has 0 radical (unpaired) electrons. The third-order valence-corrected chi connectivity index (χ3v) is 2.55. The van der Waals surface area contributed by atoms with Crippen molar-refractivity contribution in [2.24, 2.45) is 5.92 Å². The molecular weight excluding hydrogens is 134 g/mol. The number of rotatable bonds is 4. The molecule has 0 aromatic heterocycles. The molecule has 1 rings (SSSR count). The Bertz CT molecular complexity index is 145. The van der Waals surface area contributed by atoms with Gasteiger partial charge in [-0.05, 0) is 39.5 Å². The maximum Gasteiger partial charge on any atom is 0.0224 e. The second-order valence-corrected chi connectivity index (χ2v) is 4.16. The lowest BCUT2D eigenvalue weighted by Crippen LogP contribution is -2.45. The van der Waals surface area contributed by atoms with Crippen molar-refractivity contribution in [2.75, 3.05) is 0 Å². The highest BCUT2D eigenvalue weighted by atomic mass is 15.0. The van der Waals surface area contributed by atoms with Crippen LogP contribution < -0.4 is 5.32 Å². The Kier molecular flexibility index (Phi) is 2.38. The Morgan fingerprint density at radius 3 is 2.45 bits per heavy atom. The van der Waals surface area contributed by atoms with Crippen molar-refractivity contribution in [1.29, 1.82) is 0 Å². The van der Waals surface area contributed by atoms with Crippen molar-refractivity contribution in [3.63, 3.8) is 0 Å². The van der Waals surface area contributed by atoms with E-state index in [4.69, 9.17) is 0 Å². The van der Waals surface area contributed by atoms with Crippen LogP contribution in [0.4, 0.5) is 0 Å². The smallest absolute Gasteiger partial charge is 0.0224 e. The predicted molar refractivity (Wildman–Crippen MR) is 49.6 cm³/mol. The molecule has 1 unspecified atom stereocenters. The van der Waals surface area contributed by atoms with Crippen LogP contribution in [0.5, 0.6) is 0 Å². The van der Waals surface area contributed by atoms with E-state index in [1.54, 1.807) is 0 Å². The number of hydrogen-bond donors (Lipinski definition) is 1. The first kappa shape index (κ1) is 8.79. The third-order valence-electron chi connectivity index (χ3n) is 2.55. The van der Waals surface area contributed by atoms with Crippen LogP contribution in [0.25, 0.3) is 0 Å². The van der Waals surface area contributed by atoms with Gasteiger partial charge in [-0.3, -0.25) is 0 Å². The van der Waals surface area contributed by atoms with E-state index in [1.807, 2.05) is 6.08 Å². The maximum absolute atomic E-state index is 3.76. The molecule has 1 atom stereocenters. The molecule has 0 aliphatic heterocycles. The van der Waals surface area contributed by atoms with Crippen LogP contribution in [0.2, 0.25) is 0 Å². The van der Waals surface area contributed by atoms with Crippen molar-refractivity contribution in [3.05, 3.63) is 12.7 Å². The lowest BCUT2D eigenvalue weighted by molar-refractivity contribution is 0.326. The quantitative estimate of drug-likeness (QED) is 0.611. The van der Waals surface area contributed by atoms with Gasteiger partial charge in [0.15, 0.2) is 0 Å². The monoisotopic (exact) mass is 153 g/mol. The molecule has 11 heavy (non-hydrogen) atoms. The molecule has 1 N–H and O–H groups in total. The van der Waals surface area contributed by atoms with E-state index in [-0.39, 0.29) is 0 Å². The summed E-state index contributed by atoms with van der Waals surface area (Å²) in [7, 11) is 0. The van der Waals surface area contributed by atoms with Crippen molar-refractivity contribution in [1.82, 2.24) is 5.32 Å². The fourth-order valence-corrected chi connectivity index (χ4v) is 1.57. The second-order valence-electron chi connectivity index (χ2n) is 4.16. The molecule has 0 aromatic rings. The van der Waals surface area contributed by atoms with Gasteiger partial charge in [0.25, 0.3) is 0 Å². The molecule has 0 aromatic carbocycles. The lowest BCUT2D eigenvalue weighted by atomic mass is 9.97. The highest BCUT2D eigenvalue weighted by molar-refractivity contribution is 4.98. The van der Waals surface area contributed by atoms with Crippen LogP contribution in [-0.2, 0) is 0 Å². The molecular formula is C10H19N. The Morgan fingerprint density at radius 2 is 2.09 bits per heavy atom. The molecule has 1 heteroatoms. The second kappa shape index (κ2) is 2.98. The SMILES string of the molecule is C=CC(C)NC(C)(C)C1CC1. The number of nitrogens with one attached hydrogen (secondary N) is 1. The van der Waals surface area contributed by atoms with E-state index in [9.17, 15) is 0 Å². The van der Waals surface area contributed by atoms with E-state index < -0.39 is 0 Å². The van der Waals surface area contributed by atoms with E-state index in [1.165, 1.54) is 12.8 Å². The van der Waals surface area contributed by atoms with Crippen molar-refractivity contribution < 1.29 is 0 Å². The molecule has 1 aliphatic rings. The largest absolute Gasteiger partial charge is 0.306 e. The summed E-state index contributed by atoms with van der Waals surface area (Å²) in [6.07, 6.45) is 4.75. The minimum absolute atomic E-state index is 0.313. The minimum Gasteiger partial charge on any atom is -0.306 e. The van der Waals surface area contributed by atoms with Crippen LogP contribution in [0, 0.1) is 5.92 Å². The zero-order valence-corrected chi connectivity index (χ0v) is 7.85. The van der Waals surface area contributed by atoms with Crippen LogP contribution in [-0.4, -0.2) is 11.6 Å². The fourth-order valence-electron chi connectivity index (χ4n) is 1.57. The summed E-state index contributed by atoms with van der Waals surface area (Å²) in [5.74, 6) is 0.893. The summed E-state index contributed by atoms with van der Waals surface area (Å²) in [4.78, 5) is 0. The van der Waals surface area contributed by atoms with Gasteiger partial charge >= 0.3 is 0 Å². The summed E-state index contributed by atoms with van der Waals surface area (Å²) < 4.78 is 0. The van der Waals surface area contributed by atoms with Crippen LogP contribution in [0.3, 0.4) is 0 Å². The molecule has 0 amide bonds. The summed E-state index contributed by atoms with van der Waals surface area (Å²) in [5, 5.41) is 3.55. The molecule has 1 aliphatic carbocycles. The molecule has 1 fully saturated rings. The summed E-state index contributed by atoms with van der Waals surface area (Å²) in [5.41, 5.74) is 0.313. The molecule has 1 saturated carbocycles. The van der Waals surface area contributed by atoms with Crippen LogP contribution >= 0.6 is 0 Å². The Labute approximate surface area is 69.9 Å². The van der Waals surface area contributed by atoms with E-state index in [0.29, 0.717) is 11.6 Å². The molecule has 0 spiro atoms. The molecule has 0 bridgehead atoms. The summed E-state index contributed by atoms with van der Waals surface area (Å²) >= 11 is 0. The van der Waals surface area contributed by atoms with Crippen molar-refractivity contribution in [3.8, 4) is 0 Å². The normalized spacial score (nSPS) is 21.4. The minimum atomic E-state index is 0.313. The Hall–Kier alpha value is -0.300. The van der Waals surface area contributed by atoms with Gasteiger partial charge in [0.2, 0.25) is 0 Å². The average Bonchev–Trinajstić information content (AvgIpc) is 2.66. The Balaban J connectivity index is 2.38. The van der Waals surface area contributed by atoms with Gasteiger partial charge in [0, 0.05) is 11.6 Å². The standard InChI is InChI=1S/C10H19N/c1-5-8(2)11-10(3,4)9-6-7-9/h5,8-9,11H,1,6-7H2,2-4H3. The van der Waals surface area contributed by atoms with Gasteiger partial charge in [0.05, 0.1) is 0 Å². The molecule has 0 saturated heterocycles. The highest BCUT2D eigenvalue weighted by Gasteiger charge is 2.37. The van der Waals surface area contributed by atoms with Gasteiger partial charge in [-0.15, -0.1) is 6.58 Å². The van der Waals surface area contributed by atoms with E-state index in [0.717, 1.165) is 5.92 Å². The highest BCUT2D eigenvalue weighted by Crippen LogP contribution is 2.39. The van der Waals surface area contributed by atoms with Gasteiger partial charge < -0.3 is 5.32 Å². The third kappa shape index (κ3) is 2.33. The average molecular weight is 153 g/mol. The van der Waals surface area contributed by atoms with Crippen LogP contribution in [0.15, 0.2) is 12.7 Å². The summed E-state index contributed by atoms with van der Waals surface area (Å²) in [6, 6.07) is 0.436. The molecule has 0 heterocycles. The lowest BCUT2D eigenvalue weighted by Gasteiger charge is -2.29. The van der Waals surface area contributed by atoms with E-state index >= 15 is 0 Å². The Morgan fingerprint density at radius 1 is 1.55 bits per heavy atom. The predicted octanol–water partition coefficient (Wildman–Crippen LogP) is 2.34. The first-order valence-corrected chi connectivity index (χ1v) is 4.46. The van der Waals surface area contributed by atoms with Gasteiger partial charge in [-0.2, -0.15) is 0 Å². The maximum atomic E-state index is 3.76. The zero-order valence-electron chi connectivity index (χ0n) is 7.85. The molecule has 1 nitrogen and oxygen atoms in total. The first-order valence-electron chi connectivity index (χ1n) is 4.46. The van der Waals surface area contributed by atoms with Gasteiger partial charge in [-0.25, -0.2) is 0 Å². The van der Waals surface area contributed by atoms with Crippen molar-refractivity contribution >= 4 is 0 Å². The summed E-state index contributed by atoms with van der Waals surface area (Å²) in [6.45, 7) is 10.5. The van der Waals surface area contributed by atoms with Crippen LogP contribution in [0.1, 0.15) is 33.6 Å². The van der Waals surface area contributed by atoms with Gasteiger partial charge in [-0.1, -0.05) is 6.08 Å². The van der Waals surface area contributed by atoms with Gasteiger partial charge in [0.1, 0.15) is 0 Å². The zero-order chi connectivity index (χ0) is 8.48. The number of hydrogen-bond acceptors (Lipinski definition) is 1. The first-order chi connectivity index (χ1) is 5.06. The molecule has 64 valence electrons.